The summed E-state index contributed by atoms with van der Waals surface area (Å²) in [6.07, 6.45) is 22.5. The summed E-state index contributed by atoms with van der Waals surface area (Å²) in [5, 5.41) is 3.64. The van der Waals surface area contributed by atoms with E-state index >= 15 is 0 Å². The van der Waals surface area contributed by atoms with E-state index in [0.29, 0.717) is 6.54 Å². The maximum Gasteiger partial charge on any atom is 0.0679 e. The summed E-state index contributed by atoms with van der Waals surface area (Å²) in [5.41, 5.74) is 8.53. The second kappa shape index (κ2) is 10.9. The maximum atomic E-state index is 4.67. The second-order valence-electron chi connectivity index (χ2n) is 8.95. The molecule has 3 nitrogen and oxygen atoms in total. The third-order valence-electron chi connectivity index (χ3n) is 6.60. The lowest BCUT2D eigenvalue weighted by Crippen LogP contribution is -2.37. The predicted molar refractivity (Wildman–Crippen MR) is 158 cm³/mol. The highest BCUT2D eigenvalue weighted by Gasteiger charge is 2.39. The molecule has 0 radical (unpaired) electrons. The minimum absolute atomic E-state index is 0.0932. The van der Waals surface area contributed by atoms with Crippen LogP contribution in [0.2, 0.25) is 0 Å². The summed E-state index contributed by atoms with van der Waals surface area (Å²) in [6, 6.07) is 21.0. The maximum absolute atomic E-state index is 4.67. The zero-order chi connectivity index (χ0) is 25.6. The molecule has 3 aliphatic rings. The molecule has 182 valence electrons. The van der Waals surface area contributed by atoms with Crippen molar-refractivity contribution in [2.75, 3.05) is 16.3 Å². The largest absolute Gasteiger partial charge is 0.362 e. The van der Waals surface area contributed by atoms with Gasteiger partial charge in [0.2, 0.25) is 0 Å². The molecule has 2 bridgehead atoms. The Bertz CT molecular complexity index is 1410. The van der Waals surface area contributed by atoms with Crippen molar-refractivity contribution in [3.63, 3.8) is 0 Å². The van der Waals surface area contributed by atoms with Crippen LogP contribution in [0.15, 0.2) is 181 Å². The van der Waals surface area contributed by atoms with Crippen LogP contribution in [0.4, 0.5) is 11.4 Å². The molecule has 0 fully saturated rings. The molecule has 5 rings (SSSR count). The second-order valence-corrected chi connectivity index (χ2v) is 8.95. The molecule has 2 aromatic carbocycles. The van der Waals surface area contributed by atoms with E-state index in [-0.39, 0.29) is 5.92 Å². The van der Waals surface area contributed by atoms with Gasteiger partial charge in [-0.3, -0.25) is 0 Å². The molecule has 0 aromatic heterocycles. The van der Waals surface area contributed by atoms with Crippen LogP contribution in [0.25, 0.3) is 0 Å². The van der Waals surface area contributed by atoms with Crippen molar-refractivity contribution in [2.24, 2.45) is 5.92 Å². The molecule has 0 saturated heterocycles. The Balaban J connectivity index is 1.82. The van der Waals surface area contributed by atoms with E-state index in [1.807, 2.05) is 48.7 Å². The Morgan fingerprint density at radius 2 is 1.57 bits per heavy atom. The van der Waals surface area contributed by atoms with Gasteiger partial charge in [-0.25, -0.2) is 0 Å². The molecule has 3 heteroatoms. The molecular weight excluding hydrogens is 450 g/mol. The van der Waals surface area contributed by atoms with Crippen molar-refractivity contribution in [3.8, 4) is 0 Å². The van der Waals surface area contributed by atoms with Gasteiger partial charge in [0.1, 0.15) is 0 Å². The molecule has 1 atom stereocenters. The molecule has 0 aliphatic carbocycles. The average Bonchev–Trinajstić information content (AvgIpc) is 3.02. The lowest BCUT2D eigenvalue weighted by molar-refractivity contribution is 0.712. The normalized spacial score (nSPS) is 23.6. The summed E-state index contributed by atoms with van der Waals surface area (Å²) in [7, 11) is 0. The average molecular weight is 482 g/mol. The molecule has 0 amide bonds. The highest BCUT2D eigenvalue weighted by Crippen LogP contribution is 2.46. The minimum Gasteiger partial charge on any atom is -0.362 e. The third kappa shape index (κ3) is 4.85. The van der Waals surface area contributed by atoms with E-state index < -0.39 is 0 Å². The quantitative estimate of drug-likeness (QED) is 0.451. The van der Waals surface area contributed by atoms with Crippen molar-refractivity contribution < 1.29 is 0 Å². The number of allylic oxidation sites excluding steroid dienone is 11. The van der Waals surface area contributed by atoms with Crippen LogP contribution < -0.4 is 15.1 Å². The van der Waals surface area contributed by atoms with E-state index in [9.17, 15) is 0 Å². The Labute approximate surface area is 220 Å². The topological polar surface area (TPSA) is 18.5 Å². The van der Waals surface area contributed by atoms with Crippen LogP contribution in [-0.4, -0.2) is 6.54 Å². The van der Waals surface area contributed by atoms with Crippen molar-refractivity contribution in [1.82, 2.24) is 5.32 Å². The number of benzene rings is 2. The summed E-state index contributed by atoms with van der Waals surface area (Å²) < 4.78 is 0. The lowest BCUT2D eigenvalue weighted by Gasteiger charge is -2.41. The number of nitrogens with one attached hydrogen (secondary N) is 1. The van der Waals surface area contributed by atoms with Gasteiger partial charge < -0.3 is 15.1 Å². The molecule has 1 unspecified atom stereocenters. The number of anilines is 2. The van der Waals surface area contributed by atoms with Crippen molar-refractivity contribution in [2.45, 2.75) is 0 Å². The number of para-hydroxylation sites is 2. The molecule has 37 heavy (non-hydrogen) atoms. The van der Waals surface area contributed by atoms with E-state index in [1.54, 1.807) is 0 Å². The first kappa shape index (κ1) is 24.0. The molecule has 0 saturated carbocycles. The van der Waals surface area contributed by atoms with E-state index in [1.165, 1.54) is 0 Å². The number of rotatable bonds is 4. The summed E-state index contributed by atoms with van der Waals surface area (Å²) >= 11 is 0. The Morgan fingerprint density at radius 1 is 0.865 bits per heavy atom. The highest BCUT2D eigenvalue weighted by atomic mass is 15.2. The standard InChI is InChI=1S/C34H31N3/c1-4-5-21-32-34-33-27(3)30(37(32)29-19-10-7-11-20-29)23-25-36(28-17-8-6-9-18-28)31(33)22-14-16-26(2)15-12-13-24-35-34/h4-24,33,35H,1-3,25H2/b15-12-,16-14-,21-5-,24-13-,31-22+. The Morgan fingerprint density at radius 3 is 2.30 bits per heavy atom. The fourth-order valence-corrected chi connectivity index (χ4v) is 4.93. The number of hydrogen-bond donors (Lipinski definition) is 1. The van der Waals surface area contributed by atoms with Crippen LogP contribution in [0.5, 0.6) is 0 Å². The molecule has 1 N–H and O–H groups in total. The van der Waals surface area contributed by atoms with Crippen LogP contribution >= 0.6 is 0 Å². The summed E-state index contributed by atoms with van der Waals surface area (Å²) in [5.74, 6) is -0.0932. The van der Waals surface area contributed by atoms with Gasteiger partial charge in [-0.05, 0) is 59.7 Å². The van der Waals surface area contributed by atoms with Crippen LogP contribution in [0.1, 0.15) is 0 Å². The van der Waals surface area contributed by atoms with Gasteiger partial charge in [-0.2, -0.15) is 0 Å². The zero-order valence-electron chi connectivity index (χ0n) is 20.9. The predicted octanol–water partition coefficient (Wildman–Crippen LogP) is 7.71. The van der Waals surface area contributed by atoms with Crippen LogP contribution in [-0.2, 0) is 0 Å². The molecule has 3 aliphatic heterocycles. The monoisotopic (exact) mass is 481 g/mol. The first-order valence-corrected chi connectivity index (χ1v) is 12.5. The van der Waals surface area contributed by atoms with Crippen molar-refractivity contribution in [3.05, 3.63) is 181 Å². The van der Waals surface area contributed by atoms with Gasteiger partial charge in [0.25, 0.3) is 0 Å². The Kier molecular flexibility index (Phi) is 7.05. The van der Waals surface area contributed by atoms with E-state index in [4.69, 9.17) is 0 Å². The smallest absolute Gasteiger partial charge is 0.0679 e. The third-order valence-corrected chi connectivity index (χ3v) is 6.60. The van der Waals surface area contributed by atoms with Crippen molar-refractivity contribution in [1.29, 1.82) is 0 Å². The molecule has 0 spiro atoms. The fraction of sp³-hybridized carbons (Fsp3) is 0.0588. The SMILES string of the molecule is C=C/C=C\C1=C2N/C=C\C=C/C(=C)/C=C\C=C3/C2C(=C)C(=CCN3c2ccccc2)N1c1ccccc1. The number of hydrogen-bond acceptors (Lipinski definition) is 3. The van der Waals surface area contributed by atoms with E-state index in [0.717, 1.165) is 45.3 Å². The van der Waals surface area contributed by atoms with Gasteiger partial charge in [0.05, 0.1) is 17.3 Å². The molecular formula is C34H31N3. The lowest BCUT2D eigenvalue weighted by atomic mass is 9.84. The highest BCUT2D eigenvalue weighted by molar-refractivity contribution is 5.73. The van der Waals surface area contributed by atoms with E-state index in [2.05, 4.69) is 114 Å². The summed E-state index contributed by atoms with van der Waals surface area (Å²) in [6.45, 7) is 13.5. The van der Waals surface area contributed by atoms with Gasteiger partial charge in [0, 0.05) is 35.5 Å². The van der Waals surface area contributed by atoms with Crippen LogP contribution in [0, 0.1) is 5.92 Å². The first-order valence-electron chi connectivity index (χ1n) is 12.5. The molecule has 2 aromatic rings. The van der Waals surface area contributed by atoms with Gasteiger partial charge in [-0.15, -0.1) is 0 Å². The van der Waals surface area contributed by atoms with Gasteiger partial charge >= 0.3 is 0 Å². The van der Waals surface area contributed by atoms with Crippen LogP contribution in [0.3, 0.4) is 0 Å². The number of nitrogens with zero attached hydrogens (tertiary/aromatic N) is 2. The first-order chi connectivity index (χ1) is 18.2. The van der Waals surface area contributed by atoms with Crippen molar-refractivity contribution >= 4 is 11.4 Å². The van der Waals surface area contributed by atoms with Gasteiger partial charge in [-0.1, -0.05) is 92.6 Å². The number of fused-ring (bicyclic) bond motifs is 1. The Hall–Kier alpha value is -4.76. The van der Waals surface area contributed by atoms with Gasteiger partial charge in [0.15, 0.2) is 0 Å². The molecule has 3 heterocycles. The summed E-state index contributed by atoms with van der Waals surface area (Å²) in [4.78, 5) is 4.66. The zero-order valence-corrected chi connectivity index (χ0v) is 20.9. The fourth-order valence-electron chi connectivity index (χ4n) is 4.93. The minimum atomic E-state index is -0.0932.